The molecule has 1 aliphatic heterocycles. The number of imidazole rings is 1. The number of anilines is 3. The lowest BCUT2D eigenvalue weighted by atomic mass is 9.95. The van der Waals surface area contributed by atoms with Gasteiger partial charge in [0.15, 0.2) is 11.6 Å². The summed E-state index contributed by atoms with van der Waals surface area (Å²) in [6.45, 7) is 2.54. The van der Waals surface area contributed by atoms with Gasteiger partial charge in [0, 0.05) is 18.9 Å². The first-order valence-corrected chi connectivity index (χ1v) is 9.85. The van der Waals surface area contributed by atoms with Gasteiger partial charge < -0.3 is 19.5 Å². The first-order valence-electron chi connectivity index (χ1n) is 9.85. The molecule has 1 aromatic carbocycles. The SMILES string of the molecule is Cc1cn(-c2ccc(Nc3ncc4c(n3)N(C)C3(CCCC3)CO4)cc2F)cn1. The maximum atomic E-state index is 14.6. The Morgan fingerprint density at radius 3 is 2.76 bits per heavy atom. The maximum Gasteiger partial charge on any atom is 0.229 e. The summed E-state index contributed by atoms with van der Waals surface area (Å²) in [6.07, 6.45) is 9.70. The molecule has 1 N–H and O–H groups in total. The van der Waals surface area contributed by atoms with Gasteiger partial charge >= 0.3 is 0 Å². The highest BCUT2D eigenvalue weighted by Gasteiger charge is 2.43. The van der Waals surface area contributed by atoms with Gasteiger partial charge in [0.1, 0.15) is 12.4 Å². The summed E-state index contributed by atoms with van der Waals surface area (Å²) in [5.41, 5.74) is 1.88. The highest BCUT2D eigenvalue weighted by Crippen LogP contribution is 2.43. The molecule has 0 amide bonds. The fraction of sp³-hybridized carbons (Fsp3) is 0.381. The van der Waals surface area contributed by atoms with Crippen molar-refractivity contribution in [1.82, 2.24) is 19.5 Å². The number of nitrogens with one attached hydrogen (secondary N) is 1. The van der Waals surface area contributed by atoms with E-state index in [1.807, 2.05) is 6.92 Å². The van der Waals surface area contributed by atoms with Crippen LogP contribution in [0.5, 0.6) is 5.75 Å². The molecule has 150 valence electrons. The number of likely N-dealkylation sites (N-methyl/N-ethyl adjacent to an activating group) is 1. The van der Waals surface area contributed by atoms with Crippen LogP contribution in [-0.2, 0) is 0 Å². The molecule has 0 saturated heterocycles. The first kappa shape index (κ1) is 17.9. The van der Waals surface area contributed by atoms with E-state index in [1.54, 1.807) is 35.4 Å². The van der Waals surface area contributed by atoms with Gasteiger partial charge in [0.05, 0.1) is 29.4 Å². The number of aryl methyl sites for hydroxylation is 1. The molecule has 5 rings (SSSR count). The molecule has 0 unspecified atom stereocenters. The number of benzene rings is 1. The van der Waals surface area contributed by atoms with Gasteiger partial charge in [-0.05, 0) is 38.0 Å². The average molecular weight is 394 g/mol. The number of halogens is 1. The molecule has 7 nitrogen and oxygen atoms in total. The largest absolute Gasteiger partial charge is 0.486 e. The Morgan fingerprint density at radius 1 is 1.21 bits per heavy atom. The highest BCUT2D eigenvalue weighted by molar-refractivity contribution is 5.62. The minimum Gasteiger partial charge on any atom is -0.486 e. The van der Waals surface area contributed by atoms with Crippen LogP contribution in [0.2, 0.25) is 0 Å². The molecule has 0 radical (unpaired) electrons. The summed E-state index contributed by atoms with van der Waals surface area (Å²) in [5.74, 6) is 1.53. The van der Waals surface area contributed by atoms with Crippen LogP contribution in [-0.4, -0.2) is 38.7 Å². The van der Waals surface area contributed by atoms with E-state index in [0.29, 0.717) is 29.7 Å². The van der Waals surface area contributed by atoms with Crippen LogP contribution in [0.25, 0.3) is 5.69 Å². The van der Waals surface area contributed by atoms with Crippen molar-refractivity contribution in [3.63, 3.8) is 0 Å². The van der Waals surface area contributed by atoms with E-state index >= 15 is 0 Å². The van der Waals surface area contributed by atoms with Gasteiger partial charge in [0.2, 0.25) is 5.95 Å². The van der Waals surface area contributed by atoms with Crippen LogP contribution < -0.4 is 15.0 Å². The lowest BCUT2D eigenvalue weighted by Crippen LogP contribution is -2.52. The minimum atomic E-state index is -0.351. The molecule has 1 spiro atoms. The van der Waals surface area contributed by atoms with Gasteiger partial charge in [-0.15, -0.1) is 0 Å². The van der Waals surface area contributed by atoms with Gasteiger partial charge in [-0.3, -0.25) is 0 Å². The Labute approximate surface area is 168 Å². The van der Waals surface area contributed by atoms with Crippen molar-refractivity contribution in [1.29, 1.82) is 0 Å². The van der Waals surface area contributed by atoms with Crippen LogP contribution in [0.4, 0.5) is 21.8 Å². The predicted molar refractivity (Wildman–Crippen MR) is 109 cm³/mol. The first-order chi connectivity index (χ1) is 14.0. The fourth-order valence-electron chi connectivity index (χ4n) is 4.29. The van der Waals surface area contributed by atoms with E-state index in [4.69, 9.17) is 4.74 Å². The molecule has 1 fully saturated rings. The Hall–Kier alpha value is -3.16. The third-order valence-electron chi connectivity index (χ3n) is 5.99. The quantitative estimate of drug-likeness (QED) is 0.724. The zero-order valence-electron chi connectivity index (χ0n) is 16.5. The second-order valence-corrected chi connectivity index (χ2v) is 7.87. The molecule has 8 heteroatoms. The second kappa shape index (κ2) is 6.72. The second-order valence-electron chi connectivity index (χ2n) is 7.87. The smallest absolute Gasteiger partial charge is 0.229 e. The number of aromatic nitrogens is 4. The van der Waals surface area contributed by atoms with E-state index in [1.165, 1.54) is 18.9 Å². The molecular weight excluding hydrogens is 371 g/mol. The summed E-state index contributed by atoms with van der Waals surface area (Å²) in [5, 5.41) is 3.11. The summed E-state index contributed by atoms with van der Waals surface area (Å²) in [4.78, 5) is 15.4. The normalized spacial score (nSPS) is 17.3. The summed E-state index contributed by atoms with van der Waals surface area (Å²) < 4.78 is 22.2. The van der Waals surface area contributed by atoms with Gasteiger partial charge in [0.25, 0.3) is 0 Å². The van der Waals surface area contributed by atoms with Crippen LogP contribution in [0.15, 0.2) is 36.9 Å². The molecule has 1 aliphatic carbocycles. The van der Waals surface area contributed by atoms with Gasteiger partial charge in [-0.2, -0.15) is 4.98 Å². The third-order valence-corrected chi connectivity index (χ3v) is 5.99. The lowest BCUT2D eigenvalue weighted by molar-refractivity contribution is 0.192. The number of nitrogens with zero attached hydrogens (tertiary/aromatic N) is 5. The average Bonchev–Trinajstić information content (AvgIpc) is 3.35. The molecule has 0 bridgehead atoms. The van der Waals surface area contributed by atoms with E-state index < -0.39 is 0 Å². The maximum absolute atomic E-state index is 14.6. The lowest BCUT2D eigenvalue weighted by Gasteiger charge is -2.43. The molecule has 0 atom stereocenters. The van der Waals surface area contributed by atoms with Crippen LogP contribution in [0.3, 0.4) is 0 Å². The van der Waals surface area contributed by atoms with Gasteiger partial charge in [-0.25, -0.2) is 14.4 Å². The van der Waals surface area contributed by atoms with Crippen molar-refractivity contribution in [2.75, 3.05) is 23.9 Å². The minimum absolute atomic E-state index is 0.0231. The summed E-state index contributed by atoms with van der Waals surface area (Å²) >= 11 is 0. The fourth-order valence-corrected chi connectivity index (χ4v) is 4.29. The number of hydrogen-bond donors (Lipinski definition) is 1. The number of fused-ring (bicyclic) bond motifs is 1. The number of rotatable bonds is 3. The Balaban J connectivity index is 1.40. The van der Waals surface area contributed by atoms with Crippen molar-refractivity contribution in [3.8, 4) is 11.4 Å². The summed E-state index contributed by atoms with van der Waals surface area (Å²) in [7, 11) is 2.07. The standard InChI is InChI=1S/C21H23FN6O/c1-14-11-28(13-24-14)17-6-5-15(9-16(17)22)25-20-23-10-18-19(26-20)27(2)21(12-29-18)7-3-4-8-21/h5-6,9-11,13H,3-4,7-8,12H2,1-2H3,(H,23,25,26). The number of hydrogen-bond acceptors (Lipinski definition) is 6. The van der Waals surface area contributed by atoms with E-state index in [-0.39, 0.29) is 11.4 Å². The molecular formula is C21H23FN6O. The van der Waals surface area contributed by atoms with Crippen molar-refractivity contribution in [3.05, 3.63) is 48.4 Å². The molecule has 3 heterocycles. The molecule has 29 heavy (non-hydrogen) atoms. The molecule has 1 saturated carbocycles. The Kier molecular flexibility index (Phi) is 4.15. The van der Waals surface area contributed by atoms with Gasteiger partial charge in [-0.1, -0.05) is 12.8 Å². The zero-order chi connectivity index (χ0) is 20.0. The topological polar surface area (TPSA) is 68.1 Å². The molecule has 2 aromatic heterocycles. The Bertz CT molecular complexity index is 1060. The van der Waals surface area contributed by atoms with Crippen molar-refractivity contribution >= 4 is 17.5 Å². The van der Waals surface area contributed by atoms with Crippen molar-refractivity contribution < 1.29 is 9.13 Å². The monoisotopic (exact) mass is 394 g/mol. The van der Waals surface area contributed by atoms with Crippen LogP contribution >= 0.6 is 0 Å². The molecule has 2 aliphatic rings. The van der Waals surface area contributed by atoms with Crippen LogP contribution in [0, 0.1) is 12.7 Å². The summed E-state index contributed by atoms with van der Waals surface area (Å²) in [6, 6.07) is 4.95. The number of ether oxygens (including phenoxy) is 1. The predicted octanol–water partition coefficient (Wildman–Crippen LogP) is 3.99. The highest BCUT2D eigenvalue weighted by atomic mass is 19.1. The Morgan fingerprint density at radius 2 is 2.03 bits per heavy atom. The zero-order valence-corrected chi connectivity index (χ0v) is 16.5. The van der Waals surface area contributed by atoms with E-state index in [9.17, 15) is 4.39 Å². The molecule has 3 aromatic rings. The van der Waals surface area contributed by atoms with Crippen molar-refractivity contribution in [2.45, 2.75) is 38.1 Å². The van der Waals surface area contributed by atoms with E-state index in [0.717, 1.165) is 24.4 Å². The third kappa shape index (κ3) is 3.08. The van der Waals surface area contributed by atoms with Crippen LogP contribution in [0.1, 0.15) is 31.4 Å². The van der Waals surface area contributed by atoms with Crippen molar-refractivity contribution in [2.24, 2.45) is 0 Å². The van der Waals surface area contributed by atoms with E-state index in [2.05, 4.69) is 32.2 Å².